The first kappa shape index (κ1) is 14.7. The molecule has 0 radical (unpaired) electrons. The molecule has 0 unspecified atom stereocenters. The maximum atomic E-state index is 3.95. The van der Waals surface area contributed by atoms with Crippen LogP contribution < -0.4 is 0 Å². The lowest BCUT2D eigenvalue weighted by Crippen LogP contribution is -1.90. The smallest absolute Gasteiger partial charge is 0.0181 e. The first-order valence-corrected chi connectivity index (χ1v) is 6.82. The molecular formula is C14H21I. The molecule has 0 aliphatic carbocycles. The lowest BCUT2D eigenvalue weighted by Gasteiger charge is -2.09. The van der Waals surface area contributed by atoms with E-state index in [9.17, 15) is 0 Å². The zero-order chi connectivity index (χ0) is 11.8. The Balaban J connectivity index is 5.16. The van der Waals surface area contributed by atoms with E-state index in [2.05, 4.69) is 68.2 Å². The van der Waals surface area contributed by atoms with E-state index in [0.29, 0.717) is 0 Å². The number of hydrogen-bond acceptors (Lipinski definition) is 0. The van der Waals surface area contributed by atoms with Crippen LogP contribution in [0.2, 0.25) is 0 Å². The third-order valence-corrected chi connectivity index (χ3v) is 2.57. The van der Waals surface area contributed by atoms with Crippen LogP contribution in [0, 0.1) is 0 Å². The molecule has 0 atom stereocenters. The molecule has 0 aromatic carbocycles. The Bertz CT molecular complexity index is 281. The van der Waals surface area contributed by atoms with Crippen molar-refractivity contribution in [2.45, 2.75) is 34.1 Å². The summed E-state index contributed by atoms with van der Waals surface area (Å²) in [6.07, 6.45) is 7.76. The summed E-state index contributed by atoms with van der Waals surface area (Å²) in [5.74, 6) is 0. The highest BCUT2D eigenvalue weighted by atomic mass is 127. The molecule has 0 heterocycles. The second kappa shape index (κ2) is 7.91. The SMILES string of the molecule is C=C(C)/C=C(C(\C)=C/CC)/C(C)=C\CI. The molecule has 0 aliphatic heterocycles. The molecular weight excluding hydrogens is 295 g/mol. The molecule has 0 aromatic rings. The lowest BCUT2D eigenvalue weighted by atomic mass is 9.97. The van der Waals surface area contributed by atoms with Crippen LogP contribution in [0.15, 0.2) is 47.1 Å². The van der Waals surface area contributed by atoms with Gasteiger partial charge in [-0.1, -0.05) is 59.9 Å². The van der Waals surface area contributed by atoms with Crippen molar-refractivity contribution >= 4 is 22.6 Å². The quantitative estimate of drug-likeness (QED) is 0.370. The Hall–Kier alpha value is -0.310. The molecule has 1 heteroatoms. The molecule has 0 spiro atoms. The third-order valence-electron chi connectivity index (χ3n) is 2.13. The van der Waals surface area contributed by atoms with E-state index >= 15 is 0 Å². The molecule has 0 nitrogen and oxygen atoms in total. The summed E-state index contributed by atoms with van der Waals surface area (Å²) >= 11 is 2.37. The highest BCUT2D eigenvalue weighted by Gasteiger charge is 2.01. The van der Waals surface area contributed by atoms with Crippen LogP contribution in [0.5, 0.6) is 0 Å². The van der Waals surface area contributed by atoms with Crippen molar-refractivity contribution in [2.24, 2.45) is 0 Å². The lowest BCUT2D eigenvalue weighted by molar-refractivity contribution is 1.17. The summed E-state index contributed by atoms with van der Waals surface area (Å²) in [7, 11) is 0. The van der Waals surface area contributed by atoms with Crippen LogP contribution in [-0.2, 0) is 0 Å². The molecule has 15 heavy (non-hydrogen) atoms. The molecule has 84 valence electrons. The summed E-state index contributed by atoms with van der Waals surface area (Å²) in [5.41, 5.74) is 5.12. The molecule has 0 amide bonds. The van der Waals surface area contributed by atoms with Gasteiger partial charge in [-0.2, -0.15) is 0 Å². The Morgan fingerprint density at radius 3 is 2.07 bits per heavy atom. The van der Waals surface area contributed by atoms with Crippen molar-refractivity contribution in [1.29, 1.82) is 0 Å². The average Bonchev–Trinajstić information content (AvgIpc) is 2.14. The fourth-order valence-electron chi connectivity index (χ4n) is 1.43. The molecule has 0 bridgehead atoms. The minimum Gasteiger partial charge on any atom is -0.0961 e. The predicted molar refractivity (Wildman–Crippen MR) is 79.6 cm³/mol. The fourth-order valence-corrected chi connectivity index (χ4v) is 2.09. The Morgan fingerprint density at radius 2 is 1.67 bits per heavy atom. The Kier molecular flexibility index (Phi) is 7.75. The van der Waals surface area contributed by atoms with Gasteiger partial charge in [0, 0.05) is 4.43 Å². The van der Waals surface area contributed by atoms with Gasteiger partial charge >= 0.3 is 0 Å². The van der Waals surface area contributed by atoms with Crippen LogP contribution in [0.25, 0.3) is 0 Å². The van der Waals surface area contributed by atoms with Gasteiger partial charge in [0.05, 0.1) is 0 Å². The second-order valence-corrected chi connectivity index (χ2v) is 4.62. The number of hydrogen-bond donors (Lipinski definition) is 0. The van der Waals surface area contributed by atoms with E-state index in [1.54, 1.807) is 0 Å². The number of halogens is 1. The van der Waals surface area contributed by atoms with Crippen LogP contribution in [0.3, 0.4) is 0 Å². The van der Waals surface area contributed by atoms with Crippen molar-refractivity contribution in [3.8, 4) is 0 Å². The molecule has 0 fully saturated rings. The molecule has 0 N–H and O–H groups in total. The topological polar surface area (TPSA) is 0 Å². The van der Waals surface area contributed by atoms with E-state index in [1.807, 2.05) is 6.92 Å². The standard InChI is InChI=1S/C14H21I/c1-6-7-12(4)14(10-11(2)3)13(5)8-9-15/h7-8,10H,2,6,9H2,1,3-5H3/b12-7-,13-8-,14-10+. The van der Waals surface area contributed by atoms with Crippen molar-refractivity contribution in [1.82, 2.24) is 0 Å². The third kappa shape index (κ3) is 5.98. The molecule has 0 aliphatic rings. The summed E-state index contributed by atoms with van der Waals surface area (Å²) < 4.78 is 1.05. The van der Waals surface area contributed by atoms with Crippen molar-refractivity contribution < 1.29 is 0 Å². The molecule has 0 aromatic heterocycles. The Morgan fingerprint density at radius 1 is 1.13 bits per heavy atom. The normalized spacial score (nSPS) is 14.3. The predicted octanol–water partition coefficient (Wildman–Crippen LogP) is 5.23. The van der Waals surface area contributed by atoms with Crippen LogP contribution >= 0.6 is 22.6 Å². The number of rotatable bonds is 5. The van der Waals surface area contributed by atoms with Gasteiger partial charge in [-0.25, -0.2) is 0 Å². The van der Waals surface area contributed by atoms with Gasteiger partial charge in [-0.15, -0.1) is 0 Å². The minimum atomic E-state index is 1.05. The minimum absolute atomic E-state index is 1.05. The van der Waals surface area contributed by atoms with Gasteiger partial charge in [-0.05, 0) is 43.9 Å². The summed E-state index contributed by atoms with van der Waals surface area (Å²) in [6, 6.07) is 0. The largest absolute Gasteiger partial charge is 0.0961 e. The van der Waals surface area contributed by atoms with Gasteiger partial charge in [0.15, 0.2) is 0 Å². The first-order chi connectivity index (χ1) is 7.02. The van der Waals surface area contributed by atoms with Crippen LogP contribution in [0.4, 0.5) is 0 Å². The van der Waals surface area contributed by atoms with Gasteiger partial charge in [0.1, 0.15) is 0 Å². The van der Waals surface area contributed by atoms with E-state index < -0.39 is 0 Å². The van der Waals surface area contributed by atoms with Gasteiger partial charge < -0.3 is 0 Å². The molecule has 0 saturated heterocycles. The van der Waals surface area contributed by atoms with Gasteiger partial charge in [0.2, 0.25) is 0 Å². The summed E-state index contributed by atoms with van der Waals surface area (Å²) in [4.78, 5) is 0. The maximum absolute atomic E-state index is 3.95. The van der Waals surface area contributed by atoms with E-state index in [1.165, 1.54) is 16.7 Å². The zero-order valence-electron chi connectivity index (χ0n) is 10.2. The van der Waals surface area contributed by atoms with Gasteiger partial charge in [0.25, 0.3) is 0 Å². The van der Waals surface area contributed by atoms with Crippen LogP contribution in [0.1, 0.15) is 34.1 Å². The summed E-state index contributed by atoms with van der Waals surface area (Å²) in [6.45, 7) is 12.5. The van der Waals surface area contributed by atoms with Crippen molar-refractivity contribution in [3.63, 3.8) is 0 Å². The highest BCUT2D eigenvalue weighted by molar-refractivity contribution is 14.1. The average molecular weight is 316 g/mol. The Labute approximate surface area is 108 Å². The first-order valence-electron chi connectivity index (χ1n) is 5.30. The molecule has 0 rings (SSSR count). The highest BCUT2D eigenvalue weighted by Crippen LogP contribution is 2.21. The second-order valence-electron chi connectivity index (χ2n) is 3.74. The van der Waals surface area contributed by atoms with Gasteiger partial charge in [-0.3, -0.25) is 0 Å². The van der Waals surface area contributed by atoms with E-state index in [-0.39, 0.29) is 0 Å². The van der Waals surface area contributed by atoms with Crippen LogP contribution in [-0.4, -0.2) is 4.43 Å². The number of alkyl halides is 1. The maximum Gasteiger partial charge on any atom is 0.0181 e. The van der Waals surface area contributed by atoms with Crippen molar-refractivity contribution in [3.05, 3.63) is 47.1 Å². The number of allylic oxidation sites excluding steroid dienone is 7. The van der Waals surface area contributed by atoms with E-state index in [0.717, 1.165) is 16.4 Å². The fraction of sp³-hybridized carbons (Fsp3) is 0.429. The zero-order valence-corrected chi connectivity index (χ0v) is 12.4. The van der Waals surface area contributed by atoms with E-state index in [4.69, 9.17) is 0 Å². The monoisotopic (exact) mass is 316 g/mol. The molecule has 0 saturated carbocycles. The summed E-state index contributed by atoms with van der Waals surface area (Å²) in [5, 5.41) is 0. The van der Waals surface area contributed by atoms with Crippen molar-refractivity contribution in [2.75, 3.05) is 4.43 Å².